The molecule has 0 aliphatic heterocycles. The zero-order chi connectivity index (χ0) is 14.6. The number of nitrogens with one attached hydrogen (secondary N) is 1. The number of rotatable bonds is 3. The molecule has 0 radical (unpaired) electrons. The number of halogens is 1. The van der Waals surface area contributed by atoms with Gasteiger partial charge in [0.2, 0.25) is 0 Å². The van der Waals surface area contributed by atoms with Gasteiger partial charge in [0.1, 0.15) is 11.4 Å². The molecule has 19 heavy (non-hydrogen) atoms. The number of aryl methyl sites for hydroxylation is 1. The van der Waals surface area contributed by atoms with Gasteiger partial charge >= 0.3 is 6.09 Å². The van der Waals surface area contributed by atoms with Gasteiger partial charge in [0.15, 0.2) is 0 Å². The van der Waals surface area contributed by atoms with E-state index in [1.54, 1.807) is 32.9 Å². The Morgan fingerprint density at radius 3 is 2.68 bits per heavy atom. The van der Waals surface area contributed by atoms with Gasteiger partial charge < -0.3 is 15.8 Å². The minimum absolute atomic E-state index is 0.120. The molecule has 4 nitrogen and oxygen atoms in total. The molecular formula is C14H21FN2O2. The standard InChI is InChI=1S/C14H21FN2O2/c1-9-5-6-11(15)10(7-9)12(16)8-17-13(18)19-14(2,3)4/h5-7,12H,8,16H2,1-4H3,(H,17,18). The monoisotopic (exact) mass is 268 g/mol. The van der Waals surface area contributed by atoms with Crippen LogP contribution in [0.25, 0.3) is 0 Å². The fourth-order valence-corrected chi connectivity index (χ4v) is 1.56. The van der Waals surface area contributed by atoms with Crippen LogP contribution in [0.5, 0.6) is 0 Å². The number of hydrogen-bond donors (Lipinski definition) is 2. The van der Waals surface area contributed by atoms with Gasteiger partial charge in [-0.1, -0.05) is 17.7 Å². The van der Waals surface area contributed by atoms with Crippen molar-refractivity contribution in [1.29, 1.82) is 0 Å². The van der Waals surface area contributed by atoms with Gasteiger partial charge in [-0.15, -0.1) is 0 Å². The number of ether oxygens (including phenoxy) is 1. The summed E-state index contributed by atoms with van der Waals surface area (Å²) in [6.45, 7) is 7.29. The van der Waals surface area contributed by atoms with Crippen LogP contribution in [0.4, 0.5) is 9.18 Å². The smallest absolute Gasteiger partial charge is 0.407 e. The molecule has 3 N–H and O–H groups in total. The molecule has 0 aromatic heterocycles. The predicted octanol–water partition coefficient (Wildman–Crippen LogP) is 2.66. The van der Waals surface area contributed by atoms with Crippen LogP contribution in [-0.4, -0.2) is 18.2 Å². The lowest BCUT2D eigenvalue weighted by molar-refractivity contribution is 0.0524. The number of hydrogen-bond acceptors (Lipinski definition) is 3. The molecule has 106 valence electrons. The topological polar surface area (TPSA) is 64.3 Å². The van der Waals surface area contributed by atoms with Crippen molar-refractivity contribution in [2.24, 2.45) is 5.73 Å². The Bertz CT molecular complexity index is 455. The lowest BCUT2D eigenvalue weighted by Crippen LogP contribution is -2.36. The van der Waals surface area contributed by atoms with E-state index in [0.29, 0.717) is 5.56 Å². The molecule has 0 saturated heterocycles. The average Bonchev–Trinajstić information content (AvgIpc) is 2.27. The molecule has 0 saturated carbocycles. The molecule has 5 heteroatoms. The summed E-state index contributed by atoms with van der Waals surface area (Å²) in [5.74, 6) is -0.371. The van der Waals surface area contributed by atoms with Crippen molar-refractivity contribution < 1.29 is 13.9 Å². The van der Waals surface area contributed by atoms with Crippen molar-refractivity contribution in [1.82, 2.24) is 5.32 Å². The van der Waals surface area contributed by atoms with Gasteiger partial charge in [0, 0.05) is 12.1 Å². The van der Waals surface area contributed by atoms with Gasteiger partial charge in [-0.3, -0.25) is 0 Å². The highest BCUT2D eigenvalue weighted by Gasteiger charge is 2.18. The molecule has 1 aromatic carbocycles. The summed E-state index contributed by atoms with van der Waals surface area (Å²) < 4.78 is 18.7. The Labute approximate surface area is 113 Å². The van der Waals surface area contributed by atoms with Crippen LogP contribution >= 0.6 is 0 Å². The fourth-order valence-electron chi connectivity index (χ4n) is 1.56. The Morgan fingerprint density at radius 2 is 2.11 bits per heavy atom. The highest BCUT2D eigenvalue weighted by Crippen LogP contribution is 2.16. The number of carbonyl (C=O) groups is 1. The third-order valence-corrected chi connectivity index (χ3v) is 2.42. The van der Waals surface area contributed by atoms with E-state index >= 15 is 0 Å². The first-order valence-electron chi connectivity index (χ1n) is 6.17. The molecular weight excluding hydrogens is 247 g/mol. The van der Waals surface area contributed by atoms with Gasteiger partial charge in [-0.2, -0.15) is 0 Å². The number of carbonyl (C=O) groups excluding carboxylic acids is 1. The first kappa shape index (κ1) is 15.4. The minimum Gasteiger partial charge on any atom is -0.444 e. The third-order valence-electron chi connectivity index (χ3n) is 2.42. The van der Waals surface area contributed by atoms with Crippen LogP contribution in [0.15, 0.2) is 18.2 Å². The minimum atomic E-state index is -0.604. The highest BCUT2D eigenvalue weighted by atomic mass is 19.1. The van der Waals surface area contributed by atoms with Crippen molar-refractivity contribution in [2.45, 2.75) is 39.3 Å². The first-order chi connectivity index (χ1) is 8.69. The highest BCUT2D eigenvalue weighted by molar-refractivity contribution is 5.67. The predicted molar refractivity (Wildman–Crippen MR) is 72.3 cm³/mol. The van der Waals surface area contributed by atoms with E-state index in [1.807, 2.05) is 6.92 Å². The summed E-state index contributed by atoms with van der Waals surface area (Å²) in [4.78, 5) is 11.5. The largest absolute Gasteiger partial charge is 0.444 e. The fraction of sp³-hybridized carbons (Fsp3) is 0.500. The van der Waals surface area contributed by atoms with E-state index in [4.69, 9.17) is 10.5 Å². The lowest BCUT2D eigenvalue weighted by atomic mass is 10.0. The zero-order valence-corrected chi connectivity index (χ0v) is 11.8. The number of amides is 1. The average molecular weight is 268 g/mol. The van der Waals surface area contributed by atoms with E-state index in [-0.39, 0.29) is 12.4 Å². The number of benzene rings is 1. The molecule has 0 aliphatic rings. The molecule has 0 spiro atoms. The van der Waals surface area contributed by atoms with Crippen LogP contribution in [0.2, 0.25) is 0 Å². The summed E-state index contributed by atoms with van der Waals surface area (Å²) in [6, 6.07) is 4.12. The molecule has 0 aliphatic carbocycles. The Kier molecular flexibility index (Phi) is 4.89. The van der Waals surface area contributed by atoms with Crippen molar-refractivity contribution in [3.8, 4) is 0 Å². The maximum Gasteiger partial charge on any atom is 0.407 e. The third kappa shape index (κ3) is 5.26. The van der Waals surface area contributed by atoms with Crippen LogP contribution in [0, 0.1) is 12.7 Å². The van der Waals surface area contributed by atoms with Gasteiger partial charge in [-0.25, -0.2) is 9.18 Å². The maximum atomic E-state index is 13.6. The molecule has 0 bridgehead atoms. The zero-order valence-electron chi connectivity index (χ0n) is 11.8. The van der Waals surface area contributed by atoms with E-state index in [1.165, 1.54) is 6.07 Å². The summed E-state index contributed by atoms with van der Waals surface area (Å²) in [6.07, 6.45) is -0.559. The lowest BCUT2D eigenvalue weighted by Gasteiger charge is -2.21. The van der Waals surface area contributed by atoms with Crippen LogP contribution in [-0.2, 0) is 4.74 Å². The van der Waals surface area contributed by atoms with Crippen LogP contribution in [0.1, 0.15) is 37.9 Å². The normalized spacial score (nSPS) is 12.9. The van der Waals surface area contributed by atoms with Crippen molar-refractivity contribution in [3.05, 3.63) is 35.1 Å². The molecule has 1 atom stereocenters. The van der Waals surface area contributed by atoms with Crippen molar-refractivity contribution in [3.63, 3.8) is 0 Å². The molecule has 0 fully saturated rings. The SMILES string of the molecule is Cc1ccc(F)c(C(N)CNC(=O)OC(C)(C)C)c1. The maximum absolute atomic E-state index is 13.6. The molecule has 0 heterocycles. The quantitative estimate of drug-likeness (QED) is 0.885. The van der Waals surface area contributed by atoms with Gasteiger partial charge in [-0.05, 0) is 33.8 Å². The van der Waals surface area contributed by atoms with E-state index in [9.17, 15) is 9.18 Å². The Balaban J connectivity index is 2.58. The van der Waals surface area contributed by atoms with E-state index < -0.39 is 17.7 Å². The second kappa shape index (κ2) is 6.02. The van der Waals surface area contributed by atoms with E-state index in [0.717, 1.165) is 5.56 Å². The van der Waals surface area contributed by atoms with Crippen molar-refractivity contribution in [2.75, 3.05) is 6.54 Å². The van der Waals surface area contributed by atoms with Crippen molar-refractivity contribution >= 4 is 6.09 Å². The van der Waals surface area contributed by atoms with Crippen LogP contribution in [0.3, 0.4) is 0 Å². The number of alkyl carbamates (subject to hydrolysis) is 1. The van der Waals surface area contributed by atoms with E-state index in [2.05, 4.69) is 5.32 Å². The summed E-state index contributed by atoms with van der Waals surface area (Å²) in [5, 5.41) is 2.53. The van der Waals surface area contributed by atoms with Crippen LogP contribution < -0.4 is 11.1 Å². The Morgan fingerprint density at radius 1 is 1.47 bits per heavy atom. The summed E-state index contributed by atoms with van der Waals surface area (Å²) in [7, 11) is 0. The second-order valence-electron chi connectivity index (χ2n) is 5.51. The summed E-state index contributed by atoms with van der Waals surface area (Å²) in [5.41, 5.74) is 6.61. The second-order valence-corrected chi connectivity index (χ2v) is 5.51. The molecule has 1 rings (SSSR count). The number of nitrogens with two attached hydrogens (primary N) is 1. The Hall–Kier alpha value is -1.62. The summed E-state index contributed by atoms with van der Waals surface area (Å²) >= 11 is 0. The molecule has 1 unspecified atom stereocenters. The first-order valence-corrected chi connectivity index (χ1v) is 6.17. The van der Waals surface area contributed by atoms with Gasteiger partial charge in [0.25, 0.3) is 0 Å². The molecule has 1 amide bonds. The molecule has 1 aromatic rings. The van der Waals surface area contributed by atoms with Gasteiger partial charge in [0.05, 0.1) is 6.04 Å².